The number of hydrogen-bond donors (Lipinski definition) is 0. The van der Waals surface area contributed by atoms with Crippen LogP contribution in [0.1, 0.15) is 38.7 Å². The molecule has 0 radical (unpaired) electrons. The molecule has 1 amide bonds. The fourth-order valence-corrected chi connectivity index (χ4v) is 4.99. The van der Waals surface area contributed by atoms with Gasteiger partial charge in [0.1, 0.15) is 11.2 Å². The van der Waals surface area contributed by atoms with E-state index in [0.29, 0.717) is 18.9 Å². The van der Waals surface area contributed by atoms with Crippen LogP contribution in [0.15, 0.2) is 29.2 Å². The van der Waals surface area contributed by atoms with E-state index in [1.165, 1.54) is 4.90 Å². The number of benzene rings is 1. The van der Waals surface area contributed by atoms with Crippen molar-refractivity contribution in [2.75, 3.05) is 13.3 Å². The summed E-state index contributed by atoms with van der Waals surface area (Å²) in [6, 6.07) is 8.28. The topological polar surface area (TPSA) is 37.4 Å². The molecule has 2 bridgehead atoms. The summed E-state index contributed by atoms with van der Waals surface area (Å²) in [5.74, 6) is 0.544. The van der Waals surface area contributed by atoms with Gasteiger partial charge in [0.25, 0.3) is 0 Å². The zero-order chi connectivity index (χ0) is 16.8. The predicted molar refractivity (Wildman–Crippen MR) is 93.3 cm³/mol. The van der Waals surface area contributed by atoms with Gasteiger partial charge in [0.2, 0.25) is 5.91 Å². The largest absolute Gasteiger partial charge is 0.341 e. The highest BCUT2D eigenvalue weighted by molar-refractivity contribution is 7.98. The molecule has 1 aromatic carbocycles. The Morgan fingerprint density at radius 2 is 1.96 bits per heavy atom. The van der Waals surface area contributed by atoms with Gasteiger partial charge in [0.15, 0.2) is 0 Å². The molecule has 2 unspecified atom stereocenters. The van der Waals surface area contributed by atoms with Gasteiger partial charge in [-0.15, -0.1) is 11.8 Å². The number of nitrogens with zero attached hydrogens (tertiary/aromatic N) is 1. The molecule has 4 heteroatoms. The van der Waals surface area contributed by atoms with E-state index in [2.05, 4.69) is 38.1 Å². The van der Waals surface area contributed by atoms with Gasteiger partial charge in [-0.05, 0) is 48.1 Å². The monoisotopic (exact) mass is 331 g/mol. The van der Waals surface area contributed by atoms with Crippen LogP contribution in [0, 0.1) is 16.7 Å². The number of carbonyl (C=O) groups excluding carboxylic acids is 2. The molecule has 2 fully saturated rings. The highest BCUT2D eigenvalue weighted by Gasteiger charge is 2.68. The van der Waals surface area contributed by atoms with Crippen LogP contribution in [0.4, 0.5) is 0 Å². The van der Waals surface area contributed by atoms with Crippen molar-refractivity contribution in [3.05, 3.63) is 29.8 Å². The van der Waals surface area contributed by atoms with Gasteiger partial charge in [0, 0.05) is 24.9 Å². The molecule has 23 heavy (non-hydrogen) atoms. The summed E-state index contributed by atoms with van der Waals surface area (Å²) < 4.78 is 0. The van der Waals surface area contributed by atoms with E-state index in [1.54, 1.807) is 16.7 Å². The molecule has 2 saturated carbocycles. The lowest BCUT2D eigenvalue weighted by molar-refractivity contribution is -0.152. The van der Waals surface area contributed by atoms with Crippen LogP contribution in [0.3, 0.4) is 0 Å². The highest BCUT2D eigenvalue weighted by Crippen LogP contribution is 2.64. The molecular weight excluding hydrogens is 306 g/mol. The summed E-state index contributed by atoms with van der Waals surface area (Å²) >= 11 is 1.71. The van der Waals surface area contributed by atoms with Crippen molar-refractivity contribution in [1.29, 1.82) is 0 Å². The Morgan fingerprint density at radius 3 is 2.43 bits per heavy atom. The lowest BCUT2D eigenvalue weighted by Crippen LogP contribution is -2.50. The fourth-order valence-electron chi connectivity index (χ4n) is 4.58. The standard InChI is InChI=1S/C19H25NO2S/c1-18(2)14-9-10-19(18,16(21)11-14)17(22)20(3)12-13-5-7-15(23-4)8-6-13/h5-8,14H,9-12H2,1-4H3. The molecular formula is C19H25NO2S. The van der Waals surface area contributed by atoms with Crippen LogP contribution >= 0.6 is 11.8 Å². The number of thioether (sulfide) groups is 1. The number of rotatable bonds is 4. The molecule has 0 aliphatic heterocycles. The average molecular weight is 331 g/mol. The maximum atomic E-state index is 13.2. The number of ketones is 1. The second-order valence-corrected chi connectivity index (χ2v) is 8.38. The van der Waals surface area contributed by atoms with E-state index in [1.807, 2.05) is 13.3 Å². The Labute approximate surface area is 142 Å². The van der Waals surface area contributed by atoms with Crippen LogP contribution in [0.25, 0.3) is 0 Å². The molecule has 2 atom stereocenters. The second kappa shape index (κ2) is 5.66. The summed E-state index contributed by atoms with van der Waals surface area (Å²) in [6.45, 7) is 4.77. The molecule has 0 spiro atoms. The molecule has 0 saturated heterocycles. The third kappa shape index (κ3) is 2.34. The van der Waals surface area contributed by atoms with Gasteiger partial charge >= 0.3 is 0 Å². The van der Waals surface area contributed by atoms with E-state index in [0.717, 1.165) is 18.4 Å². The lowest BCUT2D eigenvalue weighted by atomic mass is 9.68. The van der Waals surface area contributed by atoms with Gasteiger partial charge in [-0.2, -0.15) is 0 Å². The summed E-state index contributed by atoms with van der Waals surface area (Å²) in [5.41, 5.74) is 0.108. The molecule has 0 aromatic heterocycles. The van der Waals surface area contributed by atoms with Crippen molar-refractivity contribution in [3.8, 4) is 0 Å². The Morgan fingerprint density at radius 1 is 1.30 bits per heavy atom. The number of Topliss-reactive ketones (excluding diaryl/α,β-unsaturated/α-hetero) is 1. The van der Waals surface area contributed by atoms with E-state index >= 15 is 0 Å². The molecule has 2 aliphatic rings. The van der Waals surface area contributed by atoms with Crippen molar-refractivity contribution < 1.29 is 9.59 Å². The number of carbonyl (C=O) groups is 2. The summed E-state index contributed by atoms with van der Waals surface area (Å²) in [5, 5.41) is 0. The average Bonchev–Trinajstić information content (AvgIpc) is 2.90. The molecule has 2 aliphatic carbocycles. The minimum atomic E-state index is -0.786. The Balaban J connectivity index is 1.80. The minimum Gasteiger partial charge on any atom is -0.341 e. The summed E-state index contributed by atoms with van der Waals surface area (Å²) in [6.07, 6.45) is 4.35. The van der Waals surface area contributed by atoms with Crippen molar-refractivity contribution in [2.24, 2.45) is 16.7 Å². The fraction of sp³-hybridized carbons (Fsp3) is 0.579. The van der Waals surface area contributed by atoms with Crippen LogP contribution in [0.5, 0.6) is 0 Å². The second-order valence-electron chi connectivity index (χ2n) is 7.50. The van der Waals surface area contributed by atoms with E-state index < -0.39 is 5.41 Å². The van der Waals surface area contributed by atoms with Crippen molar-refractivity contribution in [3.63, 3.8) is 0 Å². The van der Waals surface area contributed by atoms with E-state index in [-0.39, 0.29) is 17.1 Å². The Bertz CT molecular complexity index is 637. The number of hydrogen-bond acceptors (Lipinski definition) is 3. The molecule has 1 aromatic rings. The van der Waals surface area contributed by atoms with Crippen molar-refractivity contribution in [1.82, 2.24) is 4.90 Å². The maximum Gasteiger partial charge on any atom is 0.236 e. The number of amides is 1. The van der Waals surface area contributed by atoms with Gasteiger partial charge in [-0.1, -0.05) is 26.0 Å². The third-order valence-electron chi connectivity index (χ3n) is 6.19. The van der Waals surface area contributed by atoms with E-state index in [9.17, 15) is 9.59 Å². The smallest absolute Gasteiger partial charge is 0.236 e. The predicted octanol–water partition coefficient (Wildman–Crippen LogP) is 3.76. The Hall–Kier alpha value is -1.29. The zero-order valence-electron chi connectivity index (χ0n) is 14.4. The molecule has 3 rings (SSSR count). The van der Waals surface area contributed by atoms with Gasteiger partial charge in [0.05, 0.1) is 0 Å². The maximum absolute atomic E-state index is 13.2. The quantitative estimate of drug-likeness (QED) is 0.623. The summed E-state index contributed by atoms with van der Waals surface area (Å²) in [7, 11) is 1.83. The normalized spacial score (nSPS) is 28.2. The molecule has 0 heterocycles. The molecule has 124 valence electrons. The lowest BCUT2D eigenvalue weighted by Gasteiger charge is -2.38. The van der Waals surface area contributed by atoms with Gasteiger partial charge in [-0.3, -0.25) is 9.59 Å². The van der Waals surface area contributed by atoms with Crippen LogP contribution in [-0.4, -0.2) is 29.9 Å². The molecule has 0 N–H and O–H groups in total. The van der Waals surface area contributed by atoms with Crippen molar-refractivity contribution in [2.45, 2.75) is 44.6 Å². The minimum absolute atomic E-state index is 0.0152. The molecule has 3 nitrogen and oxygen atoms in total. The van der Waals surface area contributed by atoms with Crippen LogP contribution < -0.4 is 0 Å². The van der Waals surface area contributed by atoms with E-state index in [4.69, 9.17) is 0 Å². The first kappa shape index (κ1) is 16.6. The highest BCUT2D eigenvalue weighted by atomic mass is 32.2. The SMILES string of the molecule is CSc1ccc(CN(C)C(=O)C23CCC(CC2=O)C3(C)C)cc1. The van der Waals surface area contributed by atoms with Crippen molar-refractivity contribution >= 4 is 23.5 Å². The van der Waals surface area contributed by atoms with Gasteiger partial charge < -0.3 is 4.90 Å². The first-order chi connectivity index (χ1) is 10.8. The first-order valence-corrected chi connectivity index (χ1v) is 9.47. The number of fused-ring (bicyclic) bond motifs is 2. The third-order valence-corrected chi connectivity index (χ3v) is 6.93. The van der Waals surface area contributed by atoms with Gasteiger partial charge in [-0.25, -0.2) is 0 Å². The van der Waals surface area contributed by atoms with Crippen LogP contribution in [0.2, 0.25) is 0 Å². The summed E-state index contributed by atoms with van der Waals surface area (Å²) in [4.78, 5) is 28.8. The van der Waals surface area contributed by atoms with Crippen LogP contribution in [-0.2, 0) is 16.1 Å². The first-order valence-electron chi connectivity index (χ1n) is 8.24. The zero-order valence-corrected chi connectivity index (χ0v) is 15.2. The Kier molecular flexibility index (Phi) is 4.07.